The van der Waals surface area contributed by atoms with E-state index in [0.29, 0.717) is 6.42 Å². The number of carbonyl (C=O) groups is 1. The van der Waals surface area contributed by atoms with Crippen molar-refractivity contribution in [3.8, 4) is 0 Å². The fourth-order valence-electron chi connectivity index (χ4n) is 2.93. The van der Waals surface area contributed by atoms with Gasteiger partial charge in [0.15, 0.2) is 0 Å². The van der Waals surface area contributed by atoms with Crippen molar-refractivity contribution in [1.29, 1.82) is 0 Å². The van der Waals surface area contributed by atoms with Crippen molar-refractivity contribution in [3.05, 3.63) is 28.8 Å². The highest BCUT2D eigenvalue weighted by atomic mass is 32.2. The van der Waals surface area contributed by atoms with Gasteiger partial charge in [-0.1, -0.05) is 13.0 Å². The summed E-state index contributed by atoms with van der Waals surface area (Å²) in [6, 6.07) is 4.26. The molecular formula is C15H19NO2S. The quantitative estimate of drug-likeness (QED) is 0.871. The van der Waals surface area contributed by atoms with Crippen molar-refractivity contribution >= 4 is 17.7 Å². The molecule has 0 saturated heterocycles. The number of aryl methyl sites for hydroxylation is 2. The van der Waals surface area contributed by atoms with Gasteiger partial charge in [0.05, 0.1) is 12.1 Å². The lowest BCUT2D eigenvalue weighted by molar-refractivity contribution is -0.122. The smallest absolute Gasteiger partial charge is 0.220 e. The second kappa shape index (κ2) is 5.17. The average Bonchev–Trinajstić information content (AvgIpc) is 2.87. The highest BCUT2D eigenvalue weighted by molar-refractivity contribution is 7.99. The van der Waals surface area contributed by atoms with Crippen molar-refractivity contribution in [1.82, 2.24) is 5.32 Å². The van der Waals surface area contributed by atoms with Crippen LogP contribution in [0.4, 0.5) is 0 Å². The Kier molecular flexibility index (Phi) is 3.54. The van der Waals surface area contributed by atoms with Crippen LogP contribution in [0.1, 0.15) is 42.6 Å². The number of aliphatic hydroxyl groups excluding tert-OH is 1. The van der Waals surface area contributed by atoms with Gasteiger partial charge in [0.25, 0.3) is 0 Å². The maximum Gasteiger partial charge on any atom is 0.220 e. The van der Waals surface area contributed by atoms with Gasteiger partial charge in [-0.2, -0.15) is 0 Å². The molecule has 1 amide bonds. The van der Waals surface area contributed by atoms with E-state index >= 15 is 0 Å². The van der Waals surface area contributed by atoms with Crippen LogP contribution < -0.4 is 5.32 Å². The van der Waals surface area contributed by atoms with E-state index in [1.54, 1.807) is 0 Å². The molecule has 1 heterocycles. The minimum Gasteiger partial charge on any atom is -0.386 e. The molecule has 2 unspecified atom stereocenters. The Hall–Kier alpha value is -1.00. The minimum absolute atomic E-state index is 0.0167. The SMILES string of the molecule is CCC(=O)NC1CCc2cc3c(cc2C1O)SCC3. The first kappa shape index (κ1) is 13.0. The number of fused-ring (bicyclic) bond motifs is 2. The Morgan fingerprint density at radius 1 is 1.42 bits per heavy atom. The number of rotatable bonds is 2. The molecule has 1 aromatic rings. The lowest BCUT2D eigenvalue weighted by Gasteiger charge is -2.31. The Bertz CT molecular complexity index is 515. The van der Waals surface area contributed by atoms with Gasteiger partial charge in [-0.25, -0.2) is 0 Å². The Balaban J connectivity index is 1.86. The molecule has 4 heteroatoms. The standard InChI is InChI=1S/C15H19NO2S/c1-2-14(17)16-12-4-3-9-7-10-5-6-19-13(10)8-11(9)15(12)18/h7-8,12,15,18H,2-6H2,1H3,(H,16,17). The maximum atomic E-state index is 11.5. The van der Waals surface area contributed by atoms with Crippen molar-refractivity contribution in [2.24, 2.45) is 0 Å². The zero-order chi connectivity index (χ0) is 13.4. The summed E-state index contributed by atoms with van der Waals surface area (Å²) >= 11 is 1.86. The predicted octanol–water partition coefficient (Wildman–Crippen LogP) is 2.21. The Labute approximate surface area is 117 Å². The molecule has 3 rings (SSSR count). The first-order chi connectivity index (χ1) is 9.19. The number of carbonyl (C=O) groups excluding carboxylic acids is 1. The van der Waals surface area contributed by atoms with Crippen LogP contribution in [0.2, 0.25) is 0 Å². The van der Waals surface area contributed by atoms with Gasteiger partial charge in [-0.15, -0.1) is 11.8 Å². The van der Waals surface area contributed by atoms with Crippen LogP contribution >= 0.6 is 11.8 Å². The molecule has 0 spiro atoms. The van der Waals surface area contributed by atoms with E-state index < -0.39 is 6.10 Å². The van der Waals surface area contributed by atoms with Crippen molar-refractivity contribution in [2.45, 2.75) is 49.6 Å². The summed E-state index contributed by atoms with van der Waals surface area (Å²) in [5.41, 5.74) is 3.70. The molecule has 3 nitrogen and oxygen atoms in total. The molecule has 0 aromatic heterocycles. The van der Waals surface area contributed by atoms with Crippen molar-refractivity contribution in [3.63, 3.8) is 0 Å². The van der Waals surface area contributed by atoms with Crippen LogP contribution in [-0.4, -0.2) is 22.8 Å². The predicted molar refractivity (Wildman–Crippen MR) is 76.4 cm³/mol. The third kappa shape index (κ3) is 2.39. The molecule has 102 valence electrons. The number of amides is 1. The van der Waals surface area contributed by atoms with Gasteiger partial charge < -0.3 is 10.4 Å². The molecule has 0 saturated carbocycles. The minimum atomic E-state index is -0.564. The summed E-state index contributed by atoms with van der Waals surface area (Å²) in [5.74, 6) is 1.16. The van der Waals surface area contributed by atoms with Gasteiger partial charge in [-0.3, -0.25) is 4.79 Å². The Morgan fingerprint density at radius 2 is 2.26 bits per heavy atom. The van der Waals surface area contributed by atoms with E-state index in [2.05, 4.69) is 17.4 Å². The molecule has 1 aliphatic heterocycles. The van der Waals surface area contributed by atoms with Gasteiger partial charge in [0, 0.05) is 17.1 Å². The molecular weight excluding hydrogens is 258 g/mol. The number of nitrogens with one attached hydrogen (secondary N) is 1. The first-order valence-electron chi connectivity index (χ1n) is 6.95. The van der Waals surface area contributed by atoms with E-state index in [1.165, 1.54) is 16.0 Å². The molecule has 0 radical (unpaired) electrons. The van der Waals surface area contributed by atoms with E-state index in [0.717, 1.165) is 30.6 Å². The van der Waals surface area contributed by atoms with Crippen LogP contribution in [0, 0.1) is 0 Å². The lowest BCUT2D eigenvalue weighted by atomic mass is 9.84. The normalized spacial score (nSPS) is 24.7. The fourth-order valence-corrected chi connectivity index (χ4v) is 4.03. The van der Waals surface area contributed by atoms with Crippen LogP contribution in [0.25, 0.3) is 0 Å². The van der Waals surface area contributed by atoms with Gasteiger partial charge in [0.2, 0.25) is 5.91 Å². The van der Waals surface area contributed by atoms with Crippen LogP contribution in [0.15, 0.2) is 17.0 Å². The lowest BCUT2D eigenvalue weighted by Crippen LogP contribution is -2.41. The third-order valence-electron chi connectivity index (χ3n) is 4.04. The van der Waals surface area contributed by atoms with Crippen molar-refractivity contribution < 1.29 is 9.90 Å². The zero-order valence-corrected chi connectivity index (χ0v) is 11.9. The number of hydrogen-bond donors (Lipinski definition) is 2. The average molecular weight is 277 g/mol. The van der Waals surface area contributed by atoms with Gasteiger partial charge >= 0.3 is 0 Å². The van der Waals surface area contributed by atoms with E-state index in [-0.39, 0.29) is 11.9 Å². The molecule has 19 heavy (non-hydrogen) atoms. The summed E-state index contributed by atoms with van der Waals surface area (Å²) in [6.07, 6.45) is 2.81. The molecule has 1 aromatic carbocycles. The molecule has 0 bridgehead atoms. The molecule has 2 aliphatic rings. The number of aliphatic hydroxyl groups is 1. The van der Waals surface area contributed by atoms with Gasteiger partial charge in [0.1, 0.15) is 0 Å². The fraction of sp³-hybridized carbons (Fsp3) is 0.533. The number of thioether (sulfide) groups is 1. The summed E-state index contributed by atoms with van der Waals surface area (Å²) in [6.45, 7) is 1.84. The third-order valence-corrected chi connectivity index (χ3v) is 5.14. The Morgan fingerprint density at radius 3 is 3.05 bits per heavy atom. The molecule has 2 atom stereocenters. The summed E-state index contributed by atoms with van der Waals surface area (Å²) < 4.78 is 0. The van der Waals surface area contributed by atoms with E-state index in [9.17, 15) is 9.90 Å². The summed E-state index contributed by atoms with van der Waals surface area (Å²) in [4.78, 5) is 12.8. The zero-order valence-electron chi connectivity index (χ0n) is 11.1. The maximum absolute atomic E-state index is 11.5. The van der Waals surface area contributed by atoms with E-state index in [4.69, 9.17) is 0 Å². The topological polar surface area (TPSA) is 49.3 Å². The van der Waals surface area contributed by atoms with Crippen LogP contribution in [-0.2, 0) is 17.6 Å². The summed E-state index contributed by atoms with van der Waals surface area (Å²) in [5, 5.41) is 13.4. The monoisotopic (exact) mass is 277 g/mol. The van der Waals surface area contributed by atoms with Crippen LogP contribution in [0.5, 0.6) is 0 Å². The van der Waals surface area contributed by atoms with E-state index in [1.807, 2.05) is 18.7 Å². The second-order valence-corrected chi connectivity index (χ2v) is 6.41. The van der Waals surface area contributed by atoms with Gasteiger partial charge in [-0.05, 0) is 42.0 Å². The summed E-state index contributed by atoms with van der Waals surface area (Å²) in [7, 11) is 0. The van der Waals surface area contributed by atoms with Crippen LogP contribution in [0.3, 0.4) is 0 Å². The second-order valence-electron chi connectivity index (χ2n) is 5.27. The molecule has 0 fully saturated rings. The molecule has 1 aliphatic carbocycles. The highest BCUT2D eigenvalue weighted by Crippen LogP contribution is 2.38. The number of hydrogen-bond acceptors (Lipinski definition) is 3. The van der Waals surface area contributed by atoms with Crippen molar-refractivity contribution in [2.75, 3.05) is 5.75 Å². The molecule has 2 N–H and O–H groups in total. The largest absolute Gasteiger partial charge is 0.386 e. The highest BCUT2D eigenvalue weighted by Gasteiger charge is 2.30. The first-order valence-corrected chi connectivity index (χ1v) is 7.93. The number of benzene rings is 1.